The highest BCUT2D eigenvalue weighted by Crippen LogP contribution is 2.21. The molecule has 94 valence electrons. The Hall–Kier alpha value is -2.44. The number of carbonyl (C=O) groups is 1. The highest BCUT2D eigenvalue weighted by atomic mass is 19.2. The molecule has 0 fully saturated rings. The van der Waals surface area contributed by atoms with Crippen LogP contribution in [0.3, 0.4) is 0 Å². The first kappa shape index (κ1) is 12.0. The lowest BCUT2D eigenvalue weighted by atomic mass is 10.1. The zero-order valence-electron chi connectivity index (χ0n) is 9.21. The van der Waals surface area contributed by atoms with Crippen molar-refractivity contribution in [3.63, 3.8) is 0 Å². The van der Waals surface area contributed by atoms with Crippen LogP contribution in [0.2, 0.25) is 0 Å². The predicted molar refractivity (Wildman–Crippen MR) is 58.1 cm³/mol. The first-order chi connectivity index (χ1) is 8.52. The summed E-state index contributed by atoms with van der Waals surface area (Å²) >= 11 is 0. The summed E-state index contributed by atoms with van der Waals surface area (Å²) in [7, 11) is 1.14. The number of rotatable bonds is 2. The van der Waals surface area contributed by atoms with E-state index in [1.165, 1.54) is 6.07 Å². The zero-order valence-corrected chi connectivity index (χ0v) is 9.21. The van der Waals surface area contributed by atoms with Gasteiger partial charge in [0.15, 0.2) is 17.3 Å². The number of ether oxygens (including phenoxy) is 1. The molecule has 18 heavy (non-hydrogen) atoms. The molecule has 1 heterocycles. The molecule has 2 rings (SSSR count). The van der Waals surface area contributed by atoms with Gasteiger partial charge in [0.2, 0.25) is 0 Å². The van der Waals surface area contributed by atoms with Crippen LogP contribution in [0.25, 0.3) is 11.3 Å². The minimum absolute atomic E-state index is 0.0470. The third kappa shape index (κ3) is 2.02. The van der Waals surface area contributed by atoms with Gasteiger partial charge in [-0.15, -0.1) is 0 Å². The normalized spacial score (nSPS) is 10.4. The summed E-state index contributed by atoms with van der Waals surface area (Å²) in [5.74, 6) is -2.88. The molecule has 0 atom stereocenters. The van der Waals surface area contributed by atoms with E-state index in [0.717, 1.165) is 19.2 Å². The van der Waals surface area contributed by atoms with Crippen LogP contribution in [-0.4, -0.2) is 23.0 Å². The number of nitrogens with one attached hydrogen (secondary N) is 2. The summed E-state index contributed by atoms with van der Waals surface area (Å²) in [6.45, 7) is 0. The molecular weight excluding hydrogens is 246 g/mol. The summed E-state index contributed by atoms with van der Waals surface area (Å²) in [6.07, 6.45) is 0. The molecule has 1 aromatic carbocycles. The molecule has 0 bridgehead atoms. The van der Waals surface area contributed by atoms with Crippen molar-refractivity contribution in [2.24, 2.45) is 0 Å². The van der Waals surface area contributed by atoms with E-state index in [4.69, 9.17) is 0 Å². The summed E-state index contributed by atoms with van der Waals surface area (Å²) in [4.78, 5) is 27.1. The Morgan fingerprint density at radius 1 is 1.22 bits per heavy atom. The van der Waals surface area contributed by atoms with Crippen molar-refractivity contribution < 1.29 is 18.3 Å². The van der Waals surface area contributed by atoms with Gasteiger partial charge in [0.05, 0.1) is 12.8 Å². The van der Waals surface area contributed by atoms with Crippen LogP contribution in [0.1, 0.15) is 10.5 Å². The number of carbonyl (C=O) groups excluding carboxylic acids is 1. The standard InChI is InChI=1S/C11H8F2N2O3/c1-18-10(16)9-8(14-11(17)15-9)5-2-3-6(12)7(13)4-5/h2-4H,1H3,(H2,14,15,17). The highest BCUT2D eigenvalue weighted by molar-refractivity contribution is 5.94. The fraction of sp³-hybridized carbons (Fsp3) is 0.0909. The summed E-state index contributed by atoms with van der Waals surface area (Å²) in [5.41, 5.74) is -0.581. The van der Waals surface area contributed by atoms with Crippen LogP contribution in [0.5, 0.6) is 0 Å². The molecule has 0 saturated carbocycles. The second-order valence-corrected chi connectivity index (χ2v) is 3.45. The molecule has 0 aliphatic rings. The molecule has 0 spiro atoms. The molecule has 1 aromatic heterocycles. The maximum atomic E-state index is 13.1. The molecule has 0 aliphatic heterocycles. The number of methoxy groups -OCH3 is 1. The molecule has 5 nitrogen and oxygen atoms in total. The van der Waals surface area contributed by atoms with Crippen molar-refractivity contribution in [3.05, 3.63) is 46.0 Å². The number of H-pyrrole nitrogens is 2. The second kappa shape index (κ2) is 4.44. The van der Waals surface area contributed by atoms with E-state index >= 15 is 0 Å². The van der Waals surface area contributed by atoms with Crippen LogP contribution < -0.4 is 5.69 Å². The number of esters is 1. The third-order valence-corrected chi connectivity index (χ3v) is 2.32. The van der Waals surface area contributed by atoms with Crippen LogP contribution in [0.15, 0.2) is 23.0 Å². The van der Waals surface area contributed by atoms with Crippen molar-refractivity contribution in [1.82, 2.24) is 9.97 Å². The third-order valence-electron chi connectivity index (χ3n) is 2.32. The van der Waals surface area contributed by atoms with Crippen LogP contribution in [-0.2, 0) is 4.74 Å². The Bertz CT molecular complexity index is 661. The predicted octanol–water partition coefficient (Wildman–Crippen LogP) is 1.43. The maximum Gasteiger partial charge on any atom is 0.356 e. The molecule has 2 N–H and O–H groups in total. The van der Waals surface area contributed by atoms with Crippen LogP contribution in [0, 0.1) is 11.6 Å². The van der Waals surface area contributed by atoms with Crippen molar-refractivity contribution in [3.8, 4) is 11.3 Å². The molecule has 0 aliphatic carbocycles. The van der Waals surface area contributed by atoms with Crippen molar-refractivity contribution >= 4 is 5.97 Å². The summed E-state index contributed by atoms with van der Waals surface area (Å²) in [5, 5.41) is 0. The van der Waals surface area contributed by atoms with Gasteiger partial charge in [-0.05, 0) is 18.2 Å². The monoisotopic (exact) mass is 254 g/mol. The molecular formula is C11H8F2N2O3. The van der Waals surface area contributed by atoms with Gasteiger partial charge in [-0.3, -0.25) is 4.98 Å². The second-order valence-electron chi connectivity index (χ2n) is 3.45. The quantitative estimate of drug-likeness (QED) is 0.796. The van der Waals surface area contributed by atoms with Crippen molar-refractivity contribution in [2.45, 2.75) is 0 Å². The number of aromatic nitrogens is 2. The average molecular weight is 254 g/mol. The van der Waals surface area contributed by atoms with Crippen molar-refractivity contribution in [1.29, 1.82) is 0 Å². The van der Waals surface area contributed by atoms with E-state index in [1.807, 2.05) is 0 Å². The van der Waals surface area contributed by atoms with Crippen molar-refractivity contribution in [2.75, 3.05) is 7.11 Å². The Labute approximate surface area is 99.4 Å². The van der Waals surface area contributed by atoms with E-state index in [2.05, 4.69) is 14.7 Å². The Kier molecular flexibility index (Phi) is 2.97. The zero-order chi connectivity index (χ0) is 13.3. The lowest BCUT2D eigenvalue weighted by Crippen LogP contribution is -2.06. The van der Waals surface area contributed by atoms with Gasteiger partial charge >= 0.3 is 11.7 Å². The number of halogens is 2. The SMILES string of the molecule is COC(=O)c1[nH]c(=O)[nH]c1-c1ccc(F)c(F)c1. The molecule has 0 unspecified atom stereocenters. The molecule has 7 heteroatoms. The van der Waals surface area contributed by atoms with Gasteiger partial charge in [0, 0.05) is 5.56 Å². The van der Waals surface area contributed by atoms with E-state index in [1.54, 1.807) is 0 Å². The topological polar surface area (TPSA) is 75.0 Å². The number of imidazole rings is 1. The smallest absolute Gasteiger partial charge is 0.356 e. The van der Waals surface area contributed by atoms with E-state index < -0.39 is 23.3 Å². The number of hydrogen-bond donors (Lipinski definition) is 2. The first-order valence-electron chi connectivity index (χ1n) is 4.89. The highest BCUT2D eigenvalue weighted by Gasteiger charge is 2.18. The average Bonchev–Trinajstić information content (AvgIpc) is 2.74. The lowest BCUT2D eigenvalue weighted by molar-refractivity contribution is 0.0595. The number of hydrogen-bond acceptors (Lipinski definition) is 3. The Morgan fingerprint density at radius 3 is 2.56 bits per heavy atom. The number of aromatic amines is 2. The van der Waals surface area contributed by atoms with Gasteiger partial charge < -0.3 is 9.72 Å². The molecule has 2 aromatic rings. The molecule has 0 saturated heterocycles. The minimum atomic E-state index is -1.08. The van der Waals surface area contributed by atoms with Gasteiger partial charge in [0.1, 0.15) is 0 Å². The van der Waals surface area contributed by atoms with Gasteiger partial charge in [0.25, 0.3) is 0 Å². The fourth-order valence-corrected chi connectivity index (χ4v) is 1.51. The van der Waals surface area contributed by atoms with Gasteiger partial charge in [-0.25, -0.2) is 18.4 Å². The largest absolute Gasteiger partial charge is 0.464 e. The maximum absolute atomic E-state index is 13.1. The first-order valence-corrected chi connectivity index (χ1v) is 4.89. The Morgan fingerprint density at radius 2 is 1.94 bits per heavy atom. The van der Waals surface area contributed by atoms with E-state index in [-0.39, 0.29) is 17.0 Å². The lowest BCUT2D eigenvalue weighted by Gasteiger charge is -2.02. The van der Waals surface area contributed by atoms with Gasteiger partial charge in [-0.1, -0.05) is 0 Å². The molecule has 0 radical (unpaired) electrons. The fourth-order valence-electron chi connectivity index (χ4n) is 1.51. The van der Waals surface area contributed by atoms with Crippen LogP contribution >= 0.6 is 0 Å². The Balaban J connectivity index is 2.59. The summed E-state index contributed by atoms with van der Waals surface area (Å²) < 4.78 is 30.4. The minimum Gasteiger partial charge on any atom is -0.464 e. The number of benzene rings is 1. The van der Waals surface area contributed by atoms with E-state index in [9.17, 15) is 18.4 Å². The van der Waals surface area contributed by atoms with E-state index in [0.29, 0.717) is 0 Å². The van der Waals surface area contributed by atoms with Gasteiger partial charge in [-0.2, -0.15) is 0 Å². The summed E-state index contributed by atoms with van der Waals surface area (Å²) in [6, 6.07) is 3.02. The molecule has 0 amide bonds. The van der Waals surface area contributed by atoms with Crippen LogP contribution in [0.4, 0.5) is 8.78 Å².